The Morgan fingerprint density at radius 2 is 1.47 bits per heavy atom. The van der Waals surface area contributed by atoms with Crippen LogP contribution >= 0.6 is 23.5 Å². The zero-order chi connectivity index (χ0) is 10.7. The lowest BCUT2D eigenvalue weighted by Gasteiger charge is -2.07. The third-order valence-electron chi connectivity index (χ3n) is 2.04. The number of aromatic nitrogens is 4. The highest BCUT2D eigenvalue weighted by atomic mass is 32.2. The first kappa shape index (κ1) is 10.6. The van der Waals surface area contributed by atoms with Crippen LogP contribution in [0.25, 0.3) is 0 Å². The number of hydrogen-bond donors (Lipinski definition) is 0. The fourth-order valence-electron chi connectivity index (χ4n) is 1.33. The lowest BCUT2D eigenvalue weighted by atomic mass is 10.7. The normalized spacial score (nSPS) is 10.8. The van der Waals surface area contributed by atoms with Crippen LogP contribution in [0.4, 0.5) is 0 Å². The van der Waals surface area contributed by atoms with E-state index in [0.717, 1.165) is 10.1 Å². The third kappa shape index (κ3) is 2.21. The second-order valence-corrected chi connectivity index (χ2v) is 4.54. The summed E-state index contributed by atoms with van der Waals surface area (Å²) >= 11 is 3.38. The molecule has 0 aromatic carbocycles. The molecule has 2 aromatic rings. The van der Waals surface area contributed by atoms with Crippen molar-refractivity contribution in [2.45, 2.75) is 16.7 Å². The SMILES string of the molecule is CSc1ccnn1Cn1nccc1SC. The minimum absolute atomic E-state index is 0.673. The maximum Gasteiger partial charge on any atom is 0.135 e. The van der Waals surface area contributed by atoms with Crippen LogP contribution in [0.3, 0.4) is 0 Å². The molecule has 0 spiro atoms. The highest BCUT2D eigenvalue weighted by Gasteiger charge is 2.04. The van der Waals surface area contributed by atoms with E-state index >= 15 is 0 Å². The van der Waals surface area contributed by atoms with Crippen molar-refractivity contribution >= 4 is 23.5 Å². The van der Waals surface area contributed by atoms with Crippen molar-refractivity contribution < 1.29 is 0 Å². The molecule has 15 heavy (non-hydrogen) atoms. The highest BCUT2D eigenvalue weighted by Crippen LogP contribution is 2.16. The van der Waals surface area contributed by atoms with Gasteiger partial charge in [-0.2, -0.15) is 10.2 Å². The van der Waals surface area contributed by atoms with E-state index in [-0.39, 0.29) is 0 Å². The van der Waals surface area contributed by atoms with Gasteiger partial charge in [-0.15, -0.1) is 23.5 Å². The van der Waals surface area contributed by atoms with E-state index in [1.807, 2.05) is 46.4 Å². The van der Waals surface area contributed by atoms with E-state index in [1.165, 1.54) is 0 Å². The van der Waals surface area contributed by atoms with E-state index in [4.69, 9.17) is 0 Å². The van der Waals surface area contributed by atoms with Crippen molar-refractivity contribution in [1.29, 1.82) is 0 Å². The van der Waals surface area contributed by atoms with Gasteiger partial charge in [0.15, 0.2) is 0 Å². The molecule has 2 heterocycles. The Morgan fingerprint density at radius 3 is 1.87 bits per heavy atom. The maximum atomic E-state index is 4.26. The predicted octanol–water partition coefficient (Wildman–Crippen LogP) is 2.03. The molecule has 2 aromatic heterocycles. The first-order valence-corrected chi connectivity index (χ1v) is 6.91. The minimum atomic E-state index is 0.673. The minimum Gasteiger partial charge on any atom is -0.237 e. The summed E-state index contributed by atoms with van der Waals surface area (Å²) < 4.78 is 3.88. The summed E-state index contributed by atoms with van der Waals surface area (Å²) in [6.07, 6.45) is 7.72. The van der Waals surface area contributed by atoms with Gasteiger partial charge in [0.1, 0.15) is 6.67 Å². The largest absolute Gasteiger partial charge is 0.237 e. The standard InChI is InChI=1S/C9H12N4S2/c1-14-8-3-5-10-12(8)7-13-9(15-2)4-6-11-13/h3-6H,7H2,1-2H3. The van der Waals surface area contributed by atoms with Gasteiger partial charge in [0, 0.05) is 0 Å². The molecule has 0 saturated heterocycles. The van der Waals surface area contributed by atoms with Crippen LogP contribution in [0.2, 0.25) is 0 Å². The van der Waals surface area contributed by atoms with Crippen LogP contribution in [-0.4, -0.2) is 32.1 Å². The zero-order valence-corrected chi connectivity index (χ0v) is 10.3. The molecule has 0 amide bonds. The lowest BCUT2D eigenvalue weighted by Crippen LogP contribution is -2.12. The van der Waals surface area contributed by atoms with Crippen LogP contribution in [-0.2, 0) is 6.67 Å². The predicted molar refractivity (Wildman–Crippen MR) is 63.4 cm³/mol. The molecule has 0 unspecified atom stereocenters. The fourth-order valence-corrected chi connectivity index (χ4v) is 2.35. The van der Waals surface area contributed by atoms with Crippen LogP contribution < -0.4 is 0 Å². The van der Waals surface area contributed by atoms with E-state index < -0.39 is 0 Å². The van der Waals surface area contributed by atoms with Gasteiger partial charge >= 0.3 is 0 Å². The highest BCUT2D eigenvalue weighted by molar-refractivity contribution is 7.98. The van der Waals surface area contributed by atoms with Gasteiger partial charge in [0.25, 0.3) is 0 Å². The molecule has 0 fully saturated rings. The van der Waals surface area contributed by atoms with Gasteiger partial charge in [-0.3, -0.25) is 0 Å². The molecule has 80 valence electrons. The summed E-state index contributed by atoms with van der Waals surface area (Å²) in [5.41, 5.74) is 0. The monoisotopic (exact) mass is 240 g/mol. The molecule has 6 heteroatoms. The summed E-state index contributed by atoms with van der Waals surface area (Å²) in [6.45, 7) is 0.673. The molecular formula is C9H12N4S2. The first-order chi connectivity index (χ1) is 7.35. The second-order valence-electron chi connectivity index (χ2n) is 2.89. The van der Waals surface area contributed by atoms with Gasteiger partial charge in [-0.05, 0) is 24.6 Å². The van der Waals surface area contributed by atoms with E-state index in [9.17, 15) is 0 Å². The molecule has 0 aliphatic heterocycles. The number of thioether (sulfide) groups is 2. The molecule has 2 rings (SSSR count). The summed E-state index contributed by atoms with van der Waals surface area (Å²) in [7, 11) is 0. The Balaban J connectivity index is 2.21. The Kier molecular flexibility index (Phi) is 3.37. The average molecular weight is 240 g/mol. The molecule has 0 radical (unpaired) electrons. The molecule has 4 nitrogen and oxygen atoms in total. The molecule has 0 N–H and O–H groups in total. The zero-order valence-electron chi connectivity index (χ0n) is 8.62. The third-order valence-corrected chi connectivity index (χ3v) is 3.57. The molecule has 0 atom stereocenters. The van der Waals surface area contributed by atoms with Crippen LogP contribution in [0, 0.1) is 0 Å². The van der Waals surface area contributed by atoms with E-state index in [1.54, 1.807) is 23.5 Å². The molecule has 0 aliphatic rings. The van der Waals surface area contributed by atoms with Gasteiger partial charge in [-0.1, -0.05) is 0 Å². The number of rotatable bonds is 4. The Morgan fingerprint density at radius 1 is 1.00 bits per heavy atom. The molecular weight excluding hydrogens is 228 g/mol. The summed E-state index contributed by atoms with van der Waals surface area (Å²) in [5, 5.41) is 10.8. The Labute approximate surface area is 97.0 Å². The molecule has 0 saturated carbocycles. The van der Waals surface area contributed by atoms with Crippen molar-refractivity contribution in [3.05, 3.63) is 24.5 Å². The maximum absolute atomic E-state index is 4.26. The quantitative estimate of drug-likeness (QED) is 0.766. The summed E-state index contributed by atoms with van der Waals surface area (Å²) in [4.78, 5) is 0. The van der Waals surface area contributed by atoms with Gasteiger partial charge in [0.2, 0.25) is 0 Å². The summed E-state index contributed by atoms with van der Waals surface area (Å²) in [5.74, 6) is 0. The first-order valence-electron chi connectivity index (χ1n) is 4.46. The van der Waals surface area contributed by atoms with Gasteiger partial charge < -0.3 is 0 Å². The number of hydrogen-bond acceptors (Lipinski definition) is 4. The van der Waals surface area contributed by atoms with Crippen molar-refractivity contribution in [2.24, 2.45) is 0 Å². The fraction of sp³-hybridized carbons (Fsp3) is 0.333. The lowest BCUT2D eigenvalue weighted by molar-refractivity contribution is 0.448. The Bertz CT molecular complexity index is 395. The number of nitrogens with zero attached hydrogens (tertiary/aromatic N) is 4. The second kappa shape index (κ2) is 4.76. The van der Waals surface area contributed by atoms with Crippen molar-refractivity contribution in [3.8, 4) is 0 Å². The van der Waals surface area contributed by atoms with Gasteiger partial charge in [0.05, 0.1) is 22.4 Å². The smallest absolute Gasteiger partial charge is 0.135 e. The van der Waals surface area contributed by atoms with E-state index in [2.05, 4.69) is 10.2 Å². The topological polar surface area (TPSA) is 35.6 Å². The summed E-state index contributed by atoms with van der Waals surface area (Å²) in [6, 6.07) is 4.01. The van der Waals surface area contributed by atoms with Crippen LogP contribution in [0.5, 0.6) is 0 Å². The van der Waals surface area contributed by atoms with Crippen molar-refractivity contribution in [2.75, 3.05) is 12.5 Å². The van der Waals surface area contributed by atoms with Gasteiger partial charge in [-0.25, -0.2) is 9.36 Å². The average Bonchev–Trinajstić information content (AvgIpc) is 2.87. The Hall–Kier alpha value is -0.880. The van der Waals surface area contributed by atoms with E-state index in [0.29, 0.717) is 6.67 Å². The van der Waals surface area contributed by atoms with Crippen molar-refractivity contribution in [1.82, 2.24) is 19.6 Å². The molecule has 0 aliphatic carbocycles. The van der Waals surface area contributed by atoms with Crippen molar-refractivity contribution in [3.63, 3.8) is 0 Å². The molecule has 0 bridgehead atoms. The van der Waals surface area contributed by atoms with Crippen LogP contribution in [0.1, 0.15) is 0 Å². The van der Waals surface area contributed by atoms with Crippen LogP contribution in [0.15, 0.2) is 34.6 Å².